The zero-order chi connectivity index (χ0) is 15.8. The normalized spacial score (nSPS) is 11.9. The number of rotatable bonds is 8. The molecule has 7 heteroatoms. The maximum atomic E-state index is 11.8. The van der Waals surface area contributed by atoms with Crippen LogP contribution in [0.25, 0.3) is 0 Å². The van der Waals surface area contributed by atoms with Gasteiger partial charge >= 0.3 is 0 Å². The van der Waals surface area contributed by atoms with Gasteiger partial charge in [-0.2, -0.15) is 0 Å². The van der Waals surface area contributed by atoms with Crippen LogP contribution in [0.15, 0.2) is 23.1 Å². The number of amides is 1. The summed E-state index contributed by atoms with van der Waals surface area (Å²) in [7, 11) is 0. The molecule has 7 nitrogen and oxygen atoms in total. The van der Waals surface area contributed by atoms with Crippen molar-refractivity contribution in [2.45, 2.75) is 52.1 Å². The lowest BCUT2D eigenvalue weighted by atomic mass is 10.1. The molecule has 1 N–H and O–H groups in total. The van der Waals surface area contributed by atoms with E-state index in [1.807, 2.05) is 6.92 Å². The Morgan fingerprint density at radius 1 is 1.43 bits per heavy atom. The van der Waals surface area contributed by atoms with E-state index in [1.165, 1.54) is 0 Å². The van der Waals surface area contributed by atoms with E-state index in [0.29, 0.717) is 0 Å². The first-order valence-electron chi connectivity index (χ1n) is 7.08. The second kappa shape index (κ2) is 8.18. The fraction of sp³-hybridized carbons (Fsp3) is 0.571. The fourth-order valence-electron chi connectivity index (χ4n) is 2.00. The number of aromatic nitrogens is 1. The molecule has 0 saturated heterocycles. The molecule has 0 spiro atoms. The zero-order valence-corrected chi connectivity index (χ0v) is 12.4. The van der Waals surface area contributed by atoms with E-state index in [-0.39, 0.29) is 24.2 Å². The molecule has 1 heterocycles. The molecule has 0 fully saturated rings. The van der Waals surface area contributed by atoms with Crippen molar-refractivity contribution in [2.24, 2.45) is 0 Å². The van der Waals surface area contributed by atoms with Crippen LogP contribution < -0.4 is 10.9 Å². The van der Waals surface area contributed by atoms with Crippen LogP contribution in [0.2, 0.25) is 0 Å². The number of nitro groups is 1. The van der Waals surface area contributed by atoms with Crippen molar-refractivity contribution in [1.29, 1.82) is 0 Å². The zero-order valence-electron chi connectivity index (χ0n) is 12.4. The highest BCUT2D eigenvalue weighted by atomic mass is 16.6. The van der Waals surface area contributed by atoms with Gasteiger partial charge in [0.2, 0.25) is 5.91 Å². The Bertz CT molecular complexity index is 553. The minimum absolute atomic E-state index is 0.0263. The molecule has 0 aliphatic heterocycles. The molecule has 0 saturated carbocycles. The van der Waals surface area contributed by atoms with Crippen LogP contribution in [0.5, 0.6) is 0 Å². The molecule has 1 aromatic heterocycles. The Balaban J connectivity index is 2.60. The molecular weight excluding hydrogens is 274 g/mol. The predicted molar refractivity (Wildman–Crippen MR) is 79.1 cm³/mol. The van der Waals surface area contributed by atoms with Crippen LogP contribution in [0.4, 0.5) is 5.69 Å². The average Bonchev–Trinajstić information content (AvgIpc) is 2.41. The van der Waals surface area contributed by atoms with Crippen LogP contribution in [0.3, 0.4) is 0 Å². The van der Waals surface area contributed by atoms with E-state index >= 15 is 0 Å². The topological polar surface area (TPSA) is 94.2 Å². The van der Waals surface area contributed by atoms with E-state index in [4.69, 9.17) is 0 Å². The monoisotopic (exact) mass is 295 g/mol. The highest BCUT2D eigenvalue weighted by Crippen LogP contribution is 2.06. The smallest absolute Gasteiger partial charge is 0.285 e. The third kappa shape index (κ3) is 5.76. The third-order valence-corrected chi connectivity index (χ3v) is 3.14. The molecule has 1 rings (SSSR count). The summed E-state index contributed by atoms with van der Waals surface area (Å²) in [5, 5.41) is 13.5. The number of nitrogens with one attached hydrogen (secondary N) is 1. The van der Waals surface area contributed by atoms with Crippen LogP contribution in [0, 0.1) is 10.1 Å². The maximum absolute atomic E-state index is 11.8. The largest absolute Gasteiger partial charge is 0.352 e. The SMILES string of the molecule is CCCCC[C@@H](C)NC(=O)Cn1cc([N+](=O)[O-])ccc1=O. The Morgan fingerprint density at radius 3 is 2.76 bits per heavy atom. The van der Waals surface area contributed by atoms with Gasteiger partial charge in [-0.1, -0.05) is 26.2 Å². The maximum Gasteiger partial charge on any atom is 0.285 e. The van der Waals surface area contributed by atoms with Crippen LogP contribution >= 0.6 is 0 Å². The number of hydrogen-bond acceptors (Lipinski definition) is 4. The van der Waals surface area contributed by atoms with Gasteiger partial charge in [0.1, 0.15) is 6.54 Å². The van der Waals surface area contributed by atoms with E-state index in [1.54, 1.807) is 0 Å². The van der Waals surface area contributed by atoms with Gasteiger partial charge in [-0.05, 0) is 13.3 Å². The van der Waals surface area contributed by atoms with Gasteiger partial charge in [-0.3, -0.25) is 24.3 Å². The van der Waals surface area contributed by atoms with Crippen molar-refractivity contribution in [3.05, 3.63) is 38.8 Å². The van der Waals surface area contributed by atoms with Gasteiger partial charge in [0.05, 0.1) is 11.1 Å². The molecule has 0 radical (unpaired) electrons. The lowest BCUT2D eigenvalue weighted by molar-refractivity contribution is -0.385. The lowest BCUT2D eigenvalue weighted by Crippen LogP contribution is -2.37. The summed E-state index contributed by atoms with van der Waals surface area (Å²) in [6, 6.07) is 2.25. The van der Waals surface area contributed by atoms with Crippen LogP contribution in [-0.4, -0.2) is 21.4 Å². The van der Waals surface area contributed by atoms with Gasteiger partial charge < -0.3 is 5.32 Å². The molecule has 0 unspecified atom stereocenters. The van der Waals surface area contributed by atoms with Crippen LogP contribution in [-0.2, 0) is 11.3 Å². The van der Waals surface area contributed by atoms with Gasteiger partial charge in [-0.15, -0.1) is 0 Å². The fourth-order valence-corrected chi connectivity index (χ4v) is 2.00. The van der Waals surface area contributed by atoms with Gasteiger partial charge in [0, 0.05) is 18.2 Å². The van der Waals surface area contributed by atoms with Gasteiger partial charge in [-0.25, -0.2) is 0 Å². The summed E-state index contributed by atoms with van der Waals surface area (Å²) >= 11 is 0. The number of carbonyl (C=O) groups is 1. The molecule has 116 valence electrons. The van der Waals surface area contributed by atoms with Crippen LogP contribution in [0.1, 0.15) is 39.5 Å². The average molecular weight is 295 g/mol. The lowest BCUT2D eigenvalue weighted by Gasteiger charge is -2.14. The van der Waals surface area contributed by atoms with Crippen molar-refractivity contribution < 1.29 is 9.72 Å². The molecule has 1 aromatic rings. The molecule has 1 atom stereocenters. The second-order valence-corrected chi connectivity index (χ2v) is 5.07. The Labute approximate surface area is 123 Å². The van der Waals surface area contributed by atoms with E-state index in [2.05, 4.69) is 12.2 Å². The van der Waals surface area contributed by atoms with Crippen molar-refractivity contribution in [2.75, 3.05) is 0 Å². The summed E-state index contributed by atoms with van der Waals surface area (Å²) in [6.45, 7) is 3.81. The second-order valence-electron chi connectivity index (χ2n) is 5.07. The highest BCUT2D eigenvalue weighted by molar-refractivity contribution is 5.76. The first-order chi connectivity index (χ1) is 9.93. The quantitative estimate of drug-likeness (QED) is 0.450. The van der Waals surface area contributed by atoms with Crippen molar-refractivity contribution in [1.82, 2.24) is 9.88 Å². The van der Waals surface area contributed by atoms with E-state index in [0.717, 1.165) is 48.6 Å². The standard InChI is InChI=1S/C14H21N3O4/c1-3-4-5-6-11(2)15-13(18)10-16-9-12(17(20)21)7-8-14(16)19/h7-9,11H,3-6,10H2,1-2H3,(H,15,18)/t11-/m1/s1. The molecule has 21 heavy (non-hydrogen) atoms. The molecule has 1 amide bonds. The molecule has 0 bridgehead atoms. The highest BCUT2D eigenvalue weighted by Gasteiger charge is 2.12. The molecule has 0 aliphatic carbocycles. The van der Waals surface area contributed by atoms with Crippen molar-refractivity contribution in [3.8, 4) is 0 Å². The number of carbonyl (C=O) groups excluding carboxylic acids is 1. The van der Waals surface area contributed by atoms with E-state index in [9.17, 15) is 19.7 Å². The summed E-state index contributed by atoms with van der Waals surface area (Å²) in [5.74, 6) is -0.318. The third-order valence-electron chi connectivity index (χ3n) is 3.14. The molecule has 0 aromatic carbocycles. The number of nitrogens with zero attached hydrogens (tertiary/aromatic N) is 2. The van der Waals surface area contributed by atoms with Crippen molar-refractivity contribution >= 4 is 11.6 Å². The van der Waals surface area contributed by atoms with Crippen molar-refractivity contribution in [3.63, 3.8) is 0 Å². The van der Waals surface area contributed by atoms with E-state index < -0.39 is 10.5 Å². The molecular formula is C14H21N3O4. The minimum Gasteiger partial charge on any atom is -0.352 e. The first kappa shape index (κ1) is 16.9. The number of unbranched alkanes of at least 4 members (excludes halogenated alkanes) is 2. The Morgan fingerprint density at radius 2 is 2.14 bits per heavy atom. The Kier molecular flexibility index (Phi) is 6.58. The first-order valence-corrected chi connectivity index (χ1v) is 7.08. The summed E-state index contributed by atoms with van der Waals surface area (Å²) < 4.78 is 1.05. The van der Waals surface area contributed by atoms with Gasteiger partial charge in [0.25, 0.3) is 11.2 Å². The molecule has 0 aliphatic rings. The summed E-state index contributed by atoms with van der Waals surface area (Å²) in [5.41, 5.74) is -0.646. The number of pyridine rings is 1. The van der Waals surface area contributed by atoms with Gasteiger partial charge in [0.15, 0.2) is 0 Å². The number of hydrogen-bond donors (Lipinski definition) is 1. The summed E-state index contributed by atoms with van der Waals surface area (Å²) in [4.78, 5) is 33.5. The summed E-state index contributed by atoms with van der Waals surface area (Å²) in [6.07, 6.45) is 5.23. The minimum atomic E-state index is -0.596. The Hall–Kier alpha value is -2.18. The predicted octanol–water partition coefficient (Wildman–Crippen LogP) is 1.84.